The number of aryl methyl sites for hydroxylation is 1. The van der Waals surface area contributed by atoms with E-state index in [1.54, 1.807) is 19.1 Å². The summed E-state index contributed by atoms with van der Waals surface area (Å²) in [5.41, 5.74) is 0.275. The van der Waals surface area contributed by atoms with Gasteiger partial charge in [0.1, 0.15) is 0 Å². The lowest BCUT2D eigenvalue weighted by Crippen LogP contribution is -2.03. The molecule has 3 aromatic rings. The zero-order valence-corrected chi connectivity index (χ0v) is 14.7. The molecular weight excluding hydrogens is 356 g/mol. The fourth-order valence-electron chi connectivity index (χ4n) is 2.27. The summed E-state index contributed by atoms with van der Waals surface area (Å²) in [5, 5.41) is 0.264. The Bertz CT molecular complexity index is 1260. The van der Waals surface area contributed by atoms with Crippen molar-refractivity contribution in [3.63, 3.8) is 0 Å². The topological polar surface area (TPSA) is 59.9 Å². The first-order valence-electron chi connectivity index (χ1n) is 10.3. The van der Waals surface area contributed by atoms with Gasteiger partial charge < -0.3 is 0 Å². The number of pyridine rings is 2. The van der Waals surface area contributed by atoms with E-state index in [9.17, 15) is 8.42 Å². The largest absolute Gasteiger partial charge is 0.261 e. The quantitative estimate of drug-likeness (QED) is 0.667. The van der Waals surface area contributed by atoms with E-state index in [4.69, 9.17) is 19.8 Å². The summed E-state index contributed by atoms with van der Waals surface area (Å²) in [7, 11) is -3.40. The second-order valence-electron chi connectivity index (χ2n) is 5.17. The van der Waals surface area contributed by atoms with E-state index in [-0.39, 0.29) is 26.9 Å². The molecule has 0 saturated carbocycles. The molecule has 0 saturated heterocycles. The van der Waals surface area contributed by atoms with Crippen molar-refractivity contribution in [2.24, 2.45) is 0 Å². The first-order chi connectivity index (χ1) is 14.4. The summed E-state index contributed by atoms with van der Waals surface area (Å²) in [6.07, 6.45) is 0.796. The number of benzene rings is 1. The van der Waals surface area contributed by atoms with Crippen LogP contribution < -0.4 is 0 Å². The van der Waals surface area contributed by atoms with Crippen LogP contribution in [-0.2, 0) is 9.84 Å². The van der Waals surface area contributed by atoms with Crippen LogP contribution in [0.1, 0.15) is 20.8 Å². The van der Waals surface area contributed by atoms with E-state index < -0.39 is 40.6 Å². The summed E-state index contributed by atoms with van der Waals surface area (Å²) in [5.74, 6) is -0.0471. The van der Waals surface area contributed by atoms with Gasteiger partial charge in [0, 0.05) is 33.3 Å². The Morgan fingerprint density at radius 2 is 1.92 bits per heavy atom. The fourth-order valence-corrected chi connectivity index (χ4v) is 3.31. The second-order valence-corrected chi connectivity index (χ2v) is 7.89. The number of hydrogen-bond acceptors (Lipinski definition) is 4. The molecule has 3 rings (SSSR count). The van der Waals surface area contributed by atoms with Crippen LogP contribution in [0.25, 0.3) is 22.4 Å². The molecular formula is C19H17ClN2O2S. The maximum Gasteiger partial charge on any atom is 0.178 e. The lowest BCUT2D eigenvalue weighted by molar-refractivity contribution is 0.597. The van der Waals surface area contributed by atoms with E-state index in [0.29, 0.717) is 11.1 Å². The molecule has 0 aliphatic carbocycles. The average molecular weight is 379 g/mol. The first kappa shape index (κ1) is 11.4. The number of halogens is 1. The molecule has 0 radical (unpaired) electrons. The molecule has 1 aromatic carbocycles. The normalized spacial score (nSPS) is 15.4. The van der Waals surface area contributed by atoms with Crippen LogP contribution >= 0.6 is 11.6 Å². The second kappa shape index (κ2) is 6.94. The smallest absolute Gasteiger partial charge is 0.178 e. The van der Waals surface area contributed by atoms with Gasteiger partial charge in [0.2, 0.25) is 0 Å². The van der Waals surface area contributed by atoms with E-state index in [0.717, 1.165) is 0 Å². The predicted molar refractivity (Wildman–Crippen MR) is 100 cm³/mol. The van der Waals surface area contributed by atoms with Crippen LogP contribution in [0.4, 0.5) is 0 Å². The molecule has 0 atom stereocenters. The predicted octanol–water partition coefficient (Wildman–Crippen LogP) is 4.57. The SMILES string of the molecule is [2H]c1nc(C([2H])([2H])[2H])c([2H])c([2H])c1-c1ncc(Cl)cc1-c1ccc(S(=O)(=O)CC)cc1. The minimum Gasteiger partial charge on any atom is -0.261 e. The van der Waals surface area contributed by atoms with Gasteiger partial charge in [-0.3, -0.25) is 9.97 Å². The minimum absolute atomic E-state index is 0.0471. The molecule has 0 aliphatic rings. The van der Waals surface area contributed by atoms with Crippen molar-refractivity contribution in [1.29, 1.82) is 0 Å². The molecule has 0 unspecified atom stereocenters. The number of hydrogen-bond donors (Lipinski definition) is 0. The zero-order valence-electron chi connectivity index (χ0n) is 19.2. The van der Waals surface area contributed by atoms with Crippen molar-refractivity contribution < 1.29 is 16.6 Å². The van der Waals surface area contributed by atoms with Gasteiger partial charge >= 0.3 is 0 Å². The first-order valence-corrected chi connectivity index (χ1v) is 9.37. The minimum atomic E-state index is -3.40. The van der Waals surface area contributed by atoms with Crippen LogP contribution in [0.3, 0.4) is 0 Å². The van der Waals surface area contributed by atoms with Gasteiger partial charge in [-0.1, -0.05) is 30.7 Å². The molecule has 0 N–H and O–H groups in total. The third-order valence-electron chi connectivity index (χ3n) is 3.58. The van der Waals surface area contributed by atoms with Gasteiger partial charge in [-0.2, -0.15) is 0 Å². The Kier molecular flexibility index (Phi) is 3.16. The summed E-state index contributed by atoms with van der Waals surface area (Å²) in [6.45, 7) is -1.19. The Balaban J connectivity index is 2.24. The molecule has 128 valence electrons. The summed E-state index contributed by atoms with van der Waals surface area (Å²) < 4.78 is 71.1. The van der Waals surface area contributed by atoms with E-state index in [2.05, 4.69) is 9.97 Å². The highest BCUT2D eigenvalue weighted by Gasteiger charge is 2.14. The Morgan fingerprint density at radius 1 is 1.16 bits per heavy atom. The van der Waals surface area contributed by atoms with Gasteiger partial charge in [0.25, 0.3) is 0 Å². The third-order valence-corrected chi connectivity index (χ3v) is 5.54. The standard InChI is InChI=1S/C19H17ClN2O2S/c1-3-25(23,24)17-8-6-14(7-9-17)18-10-16(20)12-22-19(18)15-5-4-13(2)21-11-15/h4-12H,3H2,1-2H3/i2D3,4D,5D,11D. The summed E-state index contributed by atoms with van der Waals surface area (Å²) >= 11 is 6.10. The van der Waals surface area contributed by atoms with Crippen LogP contribution in [0.15, 0.2) is 59.7 Å². The van der Waals surface area contributed by atoms with E-state index in [1.165, 1.54) is 24.4 Å². The summed E-state index contributed by atoms with van der Waals surface area (Å²) in [4.78, 5) is 8.10. The molecule has 6 heteroatoms. The van der Waals surface area contributed by atoms with Gasteiger partial charge in [-0.05, 0) is 42.7 Å². The Morgan fingerprint density at radius 3 is 2.60 bits per heavy atom. The number of aromatic nitrogens is 2. The van der Waals surface area contributed by atoms with Crippen molar-refractivity contribution in [3.05, 3.63) is 65.5 Å². The number of sulfone groups is 1. The van der Waals surface area contributed by atoms with Crippen molar-refractivity contribution in [2.45, 2.75) is 18.7 Å². The van der Waals surface area contributed by atoms with Gasteiger partial charge in [-0.15, -0.1) is 0 Å². The fraction of sp³-hybridized carbons (Fsp3) is 0.158. The van der Waals surface area contributed by atoms with Crippen LogP contribution in [0.5, 0.6) is 0 Å². The van der Waals surface area contributed by atoms with Crippen LogP contribution in [0.2, 0.25) is 5.02 Å². The average Bonchev–Trinajstić information content (AvgIpc) is 2.71. The van der Waals surface area contributed by atoms with Gasteiger partial charge in [0.15, 0.2) is 9.84 Å². The van der Waals surface area contributed by atoms with Crippen molar-refractivity contribution in [1.82, 2.24) is 9.97 Å². The molecule has 2 heterocycles. The maximum atomic E-state index is 12.1. The molecule has 0 fully saturated rings. The van der Waals surface area contributed by atoms with E-state index in [1.807, 2.05) is 0 Å². The zero-order chi connectivity index (χ0) is 23.1. The maximum absolute atomic E-state index is 12.1. The molecule has 25 heavy (non-hydrogen) atoms. The van der Waals surface area contributed by atoms with E-state index >= 15 is 0 Å². The van der Waals surface area contributed by atoms with Crippen molar-refractivity contribution in [2.75, 3.05) is 5.75 Å². The van der Waals surface area contributed by atoms with Crippen molar-refractivity contribution >= 4 is 21.4 Å². The monoisotopic (exact) mass is 378 g/mol. The molecule has 4 nitrogen and oxygen atoms in total. The Hall–Kier alpha value is -2.24. The lowest BCUT2D eigenvalue weighted by atomic mass is 10.0. The van der Waals surface area contributed by atoms with Gasteiger partial charge in [-0.25, -0.2) is 8.42 Å². The molecule has 0 spiro atoms. The number of rotatable bonds is 4. The highest BCUT2D eigenvalue weighted by Crippen LogP contribution is 2.32. The third kappa shape index (κ3) is 3.72. The molecule has 0 bridgehead atoms. The lowest BCUT2D eigenvalue weighted by Gasteiger charge is -2.11. The summed E-state index contributed by atoms with van der Waals surface area (Å²) in [6, 6.07) is 6.41. The Labute approximate surface area is 160 Å². The molecule has 2 aromatic heterocycles. The van der Waals surface area contributed by atoms with Crippen molar-refractivity contribution in [3.8, 4) is 22.4 Å². The van der Waals surface area contributed by atoms with Crippen LogP contribution in [-0.4, -0.2) is 24.1 Å². The number of nitrogens with zero attached hydrogens (tertiary/aromatic N) is 2. The van der Waals surface area contributed by atoms with Gasteiger partial charge in [0.05, 0.1) is 25.5 Å². The molecule has 0 amide bonds. The molecule has 0 aliphatic heterocycles. The highest BCUT2D eigenvalue weighted by atomic mass is 35.5. The van der Waals surface area contributed by atoms with Crippen LogP contribution in [0, 0.1) is 6.85 Å². The highest BCUT2D eigenvalue weighted by molar-refractivity contribution is 7.91.